The maximum absolute atomic E-state index is 5.65. The maximum atomic E-state index is 5.65. The van der Waals surface area contributed by atoms with E-state index in [0.717, 1.165) is 26.1 Å². The molecule has 0 fully saturated rings. The van der Waals surface area contributed by atoms with Crippen molar-refractivity contribution in [3.05, 3.63) is 0 Å². The summed E-state index contributed by atoms with van der Waals surface area (Å²) in [5.74, 6) is 0. The molecule has 0 aliphatic rings. The van der Waals surface area contributed by atoms with Crippen molar-refractivity contribution in [3.8, 4) is 0 Å². The smallest absolute Gasteiger partial charge is 0.0701 e. The lowest BCUT2D eigenvalue weighted by Gasteiger charge is -2.09. The van der Waals surface area contributed by atoms with E-state index in [1.54, 1.807) is 0 Å². The van der Waals surface area contributed by atoms with Gasteiger partial charge in [0.15, 0.2) is 0 Å². The van der Waals surface area contributed by atoms with Gasteiger partial charge in [0.05, 0.1) is 145 Å². The summed E-state index contributed by atoms with van der Waals surface area (Å²) < 4.78 is 66.3. The van der Waals surface area contributed by atoms with Crippen molar-refractivity contribution < 1.29 is 56.8 Å². The van der Waals surface area contributed by atoms with Crippen LogP contribution in [0.3, 0.4) is 0 Å². The SMILES string of the molecule is CCCCCCCCCCCCOCCOCCOCCOCCOCCOCCOCCOCCOCCOCCOCCOCCCCCC. The lowest BCUT2D eigenvalue weighted by molar-refractivity contribution is -0.0284. The number of rotatable bonds is 49. The zero-order valence-corrected chi connectivity index (χ0v) is 33.8. The Morgan fingerprint density at radius 2 is 0.288 bits per heavy atom. The molecule has 314 valence electrons. The summed E-state index contributed by atoms with van der Waals surface area (Å²) in [6.45, 7) is 18.3. The molecule has 0 rings (SSSR count). The van der Waals surface area contributed by atoms with Gasteiger partial charge < -0.3 is 56.8 Å². The second kappa shape index (κ2) is 50.5. The third-order valence-electron chi connectivity index (χ3n) is 7.88. The highest BCUT2D eigenvalue weighted by molar-refractivity contribution is 4.48. The highest BCUT2D eigenvalue weighted by Gasteiger charge is 1.98. The Morgan fingerprint density at radius 3 is 0.481 bits per heavy atom. The van der Waals surface area contributed by atoms with Gasteiger partial charge in [0, 0.05) is 13.2 Å². The zero-order chi connectivity index (χ0) is 37.4. The normalized spacial score (nSPS) is 11.7. The van der Waals surface area contributed by atoms with E-state index in [1.165, 1.54) is 77.0 Å². The van der Waals surface area contributed by atoms with Crippen molar-refractivity contribution in [2.45, 2.75) is 104 Å². The minimum absolute atomic E-state index is 0.522. The average Bonchev–Trinajstić information content (AvgIpc) is 3.16. The summed E-state index contributed by atoms with van der Waals surface area (Å²) >= 11 is 0. The van der Waals surface area contributed by atoms with Crippen molar-refractivity contribution in [2.75, 3.05) is 159 Å². The van der Waals surface area contributed by atoms with Gasteiger partial charge >= 0.3 is 0 Å². The first-order valence-electron chi connectivity index (χ1n) is 20.8. The Kier molecular flexibility index (Phi) is 50.1. The van der Waals surface area contributed by atoms with Gasteiger partial charge in [0.25, 0.3) is 0 Å². The third-order valence-corrected chi connectivity index (χ3v) is 7.88. The summed E-state index contributed by atoms with van der Waals surface area (Å²) in [5.41, 5.74) is 0. The molecule has 0 amide bonds. The van der Waals surface area contributed by atoms with Crippen LogP contribution in [-0.4, -0.2) is 159 Å². The molecule has 0 aromatic rings. The topological polar surface area (TPSA) is 111 Å². The minimum Gasteiger partial charge on any atom is -0.379 e. The molecule has 0 atom stereocenters. The van der Waals surface area contributed by atoms with E-state index in [-0.39, 0.29) is 0 Å². The Morgan fingerprint density at radius 1 is 0.154 bits per heavy atom. The van der Waals surface area contributed by atoms with Gasteiger partial charge in [-0.15, -0.1) is 0 Å². The van der Waals surface area contributed by atoms with Crippen LogP contribution in [0.25, 0.3) is 0 Å². The first-order valence-corrected chi connectivity index (χ1v) is 20.8. The van der Waals surface area contributed by atoms with E-state index < -0.39 is 0 Å². The molecule has 0 aromatic heterocycles. The molecule has 0 heterocycles. The Bertz CT molecular complexity index is 555. The average molecular weight is 755 g/mol. The van der Waals surface area contributed by atoms with Crippen LogP contribution in [0.2, 0.25) is 0 Å². The predicted molar refractivity (Wildman–Crippen MR) is 206 cm³/mol. The summed E-state index contributed by atoms with van der Waals surface area (Å²) in [7, 11) is 0. The fourth-order valence-electron chi connectivity index (χ4n) is 4.84. The quantitative estimate of drug-likeness (QED) is 0.0618. The Labute approximate surface area is 318 Å². The molecule has 12 nitrogen and oxygen atoms in total. The van der Waals surface area contributed by atoms with Gasteiger partial charge in [-0.05, 0) is 12.8 Å². The molecule has 0 saturated heterocycles. The molecule has 0 radical (unpaired) electrons. The van der Waals surface area contributed by atoms with Crippen LogP contribution in [0.5, 0.6) is 0 Å². The molecule has 0 unspecified atom stereocenters. The second-order valence-corrected chi connectivity index (χ2v) is 12.6. The molecule has 0 aromatic carbocycles. The van der Waals surface area contributed by atoms with Crippen LogP contribution in [0.1, 0.15) is 104 Å². The maximum Gasteiger partial charge on any atom is 0.0701 e. The summed E-state index contributed by atoms with van der Waals surface area (Å²) in [5, 5.41) is 0. The number of hydrogen-bond donors (Lipinski definition) is 0. The minimum atomic E-state index is 0.522. The van der Waals surface area contributed by atoms with Crippen molar-refractivity contribution in [2.24, 2.45) is 0 Å². The third kappa shape index (κ3) is 49.5. The van der Waals surface area contributed by atoms with E-state index >= 15 is 0 Å². The Balaban J connectivity index is 3.04. The molecule has 0 spiro atoms. The van der Waals surface area contributed by atoms with Crippen molar-refractivity contribution in [3.63, 3.8) is 0 Å². The molecule has 0 saturated carbocycles. The van der Waals surface area contributed by atoms with Crippen LogP contribution in [0.15, 0.2) is 0 Å². The van der Waals surface area contributed by atoms with Crippen LogP contribution >= 0.6 is 0 Å². The fraction of sp³-hybridized carbons (Fsp3) is 1.00. The molecule has 0 bridgehead atoms. The second-order valence-electron chi connectivity index (χ2n) is 12.6. The van der Waals surface area contributed by atoms with Crippen LogP contribution < -0.4 is 0 Å². The lowest BCUT2D eigenvalue weighted by atomic mass is 10.1. The number of hydrogen-bond acceptors (Lipinski definition) is 12. The van der Waals surface area contributed by atoms with Gasteiger partial charge in [0.2, 0.25) is 0 Å². The van der Waals surface area contributed by atoms with E-state index in [9.17, 15) is 0 Å². The molecule has 0 aliphatic heterocycles. The fourth-order valence-corrected chi connectivity index (χ4v) is 4.84. The first-order chi connectivity index (χ1) is 25.9. The molecular weight excluding hydrogens is 672 g/mol. The number of ether oxygens (including phenoxy) is 12. The van der Waals surface area contributed by atoms with E-state index in [0.29, 0.717) is 145 Å². The highest BCUT2D eigenvalue weighted by Crippen LogP contribution is 2.10. The predicted octanol–water partition coefficient (Wildman–Crippen LogP) is 6.69. The van der Waals surface area contributed by atoms with Gasteiger partial charge in [0.1, 0.15) is 0 Å². The molecule has 52 heavy (non-hydrogen) atoms. The zero-order valence-electron chi connectivity index (χ0n) is 33.8. The van der Waals surface area contributed by atoms with Crippen molar-refractivity contribution in [1.82, 2.24) is 0 Å². The van der Waals surface area contributed by atoms with Crippen molar-refractivity contribution in [1.29, 1.82) is 0 Å². The van der Waals surface area contributed by atoms with E-state index in [1.807, 2.05) is 0 Å². The number of unbranched alkanes of at least 4 members (excludes halogenated alkanes) is 12. The molecular formula is C40H82O12. The monoisotopic (exact) mass is 755 g/mol. The van der Waals surface area contributed by atoms with Gasteiger partial charge in [-0.1, -0.05) is 90.9 Å². The molecule has 12 heteroatoms. The van der Waals surface area contributed by atoms with Gasteiger partial charge in [-0.3, -0.25) is 0 Å². The summed E-state index contributed by atoms with van der Waals surface area (Å²) in [6, 6.07) is 0. The highest BCUT2D eigenvalue weighted by atomic mass is 16.6. The molecule has 0 N–H and O–H groups in total. The summed E-state index contributed by atoms with van der Waals surface area (Å²) in [4.78, 5) is 0. The van der Waals surface area contributed by atoms with Gasteiger partial charge in [-0.25, -0.2) is 0 Å². The first kappa shape index (κ1) is 51.5. The van der Waals surface area contributed by atoms with Gasteiger partial charge in [-0.2, -0.15) is 0 Å². The van der Waals surface area contributed by atoms with Crippen LogP contribution in [-0.2, 0) is 56.8 Å². The lowest BCUT2D eigenvalue weighted by Crippen LogP contribution is -2.15. The van der Waals surface area contributed by atoms with Crippen LogP contribution in [0, 0.1) is 0 Å². The standard InChI is InChI=1S/C40H82O12/c1-3-5-7-9-10-11-12-13-14-16-18-42-20-22-44-24-26-46-28-30-48-32-34-50-36-38-52-40-39-51-37-35-49-33-31-47-29-27-45-25-23-43-21-19-41-17-15-8-6-4-2/h3-40H2,1-2H3. The van der Waals surface area contributed by atoms with Crippen LogP contribution in [0.4, 0.5) is 0 Å². The van der Waals surface area contributed by atoms with Crippen molar-refractivity contribution >= 4 is 0 Å². The summed E-state index contributed by atoms with van der Waals surface area (Å²) in [6.07, 6.45) is 18.3. The largest absolute Gasteiger partial charge is 0.379 e. The molecule has 0 aliphatic carbocycles. The Hall–Kier alpha value is -0.480. The van der Waals surface area contributed by atoms with E-state index in [2.05, 4.69) is 13.8 Å². The van der Waals surface area contributed by atoms with E-state index in [4.69, 9.17) is 56.8 Å².